The van der Waals surface area contributed by atoms with Gasteiger partial charge < -0.3 is 23.7 Å². The summed E-state index contributed by atoms with van der Waals surface area (Å²) < 4.78 is 21.5. The van der Waals surface area contributed by atoms with Crippen LogP contribution in [0.4, 0.5) is 0 Å². The van der Waals surface area contributed by atoms with Crippen LogP contribution in [0.1, 0.15) is 27.0 Å². The highest BCUT2D eigenvalue weighted by Crippen LogP contribution is 2.38. The van der Waals surface area contributed by atoms with Crippen LogP contribution in [0.3, 0.4) is 0 Å². The predicted octanol–water partition coefficient (Wildman–Crippen LogP) is 2.95. The molecule has 0 bridgehead atoms. The van der Waals surface area contributed by atoms with Gasteiger partial charge in [-0.1, -0.05) is 6.07 Å². The monoisotopic (exact) mass is 368 g/mol. The summed E-state index contributed by atoms with van der Waals surface area (Å²) in [6.07, 6.45) is 2.06. The molecule has 0 atom stereocenters. The van der Waals surface area contributed by atoms with E-state index in [4.69, 9.17) is 18.6 Å². The highest BCUT2D eigenvalue weighted by molar-refractivity contribution is 6.01. The van der Waals surface area contributed by atoms with Crippen LogP contribution >= 0.6 is 0 Å². The zero-order chi connectivity index (χ0) is 19.1. The molecule has 1 N–H and O–H groups in total. The highest BCUT2D eigenvalue weighted by Gasteiger charge is 2.23. The van der Waals surface area contributed by atoms with Crippen molar-refractivity contribution in [1.29, 1.82) is 0 Å². The number of phenols is 1. The summed E-state index contributed by atoms with van der Waals surface area (Å²) in [4.78, 5) is 24.5. The van der Waals surface area contributed by atoms with Crippen LogP contribution in [0, 0.1) is 6.92 Å². The molecule has 7 nitrogen and oxygen atoms in total. The van der Waals surface area contributed by atoms with E-state index in [2.05, 4.69) is 0 Å². The zero-order valence-electron chi connectivity index (χ0n) is 14.7. The van der Waals surface area contributed by atoms with E-state index in [1.165, 1.54) is 13.4 Å². The first-order valence-electron chi connectivity index (χ1n) is 8.22. The van der Waals surface area contributed by atoms with Crippen LogP contribution in [-0.4, -0.2) is 25.3 Å². The fourth-order valence-corrected chi connectivity index (χ4v) is 3.27. The standard InChI is InChI=1S/C20H16O7/c1-10-17(22)13(7-21)20-16(19(10)24-2)18(23)12(8-25-20)5-11-3-4-14-15(6-11)27-9-26-14/h3-4,6-8,22H,5,9H2,1-2H3. The molecule has 27 heavy (non-hydrogen) atoms. The summed E-state index contributed by atoms with van der Waals surface area (Å²) in [5.41, 5.74) is 1.15. The molecule has 2 heterocycles. The molecule has 4 rings (SSSR count). The maximum absolute atomic E-state index is 13.1. The van der Waals surface area contributed by atoms with Crippen molar-refractivity contribution in [2.75, 3.05) is 13.9 Å². The van der Waals surface area contributed by atoms with Gasteiger partial charge in [0.2, 0.25) is 6.79 Å². The fourth-order valence-electron chi connectivity index (χ4n) is 3.27. The average molecular weight is 368 g/mol. The van der Waals surface area contributed by atoms with E-state index < -0.39 is 0 Å². The Morgan fingerprint density at radius 3 is 2.78 bits per heavy atom. The first kappa shape index (κ1) is 17.0. The number of carbonyl (C=O) groups is 1. The first-order chi connectivity index (χ1) is 13.0. The van der Waals surface area contributed by atoms with E-state index in [9.17, 15) is 14.7 Å². The van der Waals surface area contributed by atoms with Gasteiger partial charge in [0.15, 0.2) is 28.8 Å². The van der Waals surface area contributed by atoms with E-state index in [0.717, 1.165) is 5.56 Å². The van der Waals surface area contributed by atoms with Crippen molar-refractivity contribution in [3.05, 3.63) is 56.9 Å². The van der Waals surface area contributed by atoms with E-state index >= 15 is 0 Å². The van der Waals surface area contributed by atoms with Crippen LogP contribution in [0.25, 0.3) is 11.0 Å². The number of aromatic hydroxyl groups is 1. The number of hydrogen-bond acceptors (Lipinski definition) is 7. The maximum Gasteiger partial charge on any atom is 0.231 e. The number of methoxy groups -OCH3 is 1. The molecular weight excluding hydrogens is 352 g/mol. The molecule has 0 saturated carbocycles. The smallest absolute Gasteiger partial charge is 0.231 e. The number of carbonyl (C=O) groups excluding carboxylic acids is 1. The Kier molecular flexibility index (Phi) is 3.99. The fraction of sp³-hybridized carbons (Fsp3) is 0.200. The minimum absolute atomic E-state index is 0.00406. The topological polar surface area (TPSA) is 95.2 Å². The number of rotatable bonds is 4. The van der Waals surface area contributed by atoms with Crippen LogP contribution in [0.15, 0.2) is 33.7 Å². The lowest BCUT2D eigenvalue weighted by atomic mass is 10.00. The van der Waals surface area contributed by atoms with Crippen molar-refractivity contribution >= 4 is 17.3 Å². The van der Waals surface area contributed by atoms with Gasteiger partial charge >= 0.3 is 0 Å². The van der Waals surface area contributed by atoms with E-state index in [1.54, 1.807) is 13.0 Å². The molecule has 0 unspecified atom stereocenters. The van der Waals surface area contributed by atoms with Crippen molar-refractivity contribution in [3.63, 3.8) is 0 Å². The van der Waals surface area contributed by atoms with Crippen LogP contribution in [-0.2, 0) is 6.42 Å². The summed E-state index contributed by atoms with van der Waals surface area (Å²) >= 11 is 0. The van der Waals surface area contributed by atoms with Crippen LogP contribution in [0.2, 0.25) is 0 Å². The second kappa shape index (κ2) is 6.35. The first-order valence-corrected chi connectivity index (χ1v) is 8.22. The van der Waals surface area contributed by atoms with Gasteiger partial charge in [-0.3, -0.25) is 9.59 Å². The molecule has 0 saturated heterocycles. The third-order valence-corrected chi connectivity index (χ3v) is 4.64. The Morgan fingerprint density at radius 2 is 2.04 bits per heavy atom. The summed E-state index contributed by atoms with van der Waals surface area (Å²) in [6.45, 7) is 1.75. The summed E-state index contributed by atoms with van der Waals surface area (Å²) in [5.74, 6) is 1.21. The lowest BCUT2D eigenvalue weighted by molar-refractivity contribution is 0.112. The number of hydrogen-bond donors (Lipinski definition) is 1. The third-order valence-electron chi connectivity index (χ3n) is 4.64. The van der Waals surface area contributed by atoms with Crippen molar-refractivity contribution in [2.24, 2.45) is 0 Å². The van der Waals surface area contributed by atoms with Gasteiger partial charge in [0.05, 0.1) is 13.4 Å². The molecule has 3 aromatic rings. The zero-order valence-corrected chi connectivity index (χ0v) is 14.7. The van der Waals surface area contributed by atoms with Crippen molar-refractivity contribution in [2.45, 2.75) is 13.3 Å². The minimum atomic E-state index is -0.322. The molecule has 7 heteroatoms. The lowest BCUT2D eigenvalue weighted by Gasteiger charge is -2.13. The number of phenolic OH excluding ortho intramolecular Hbond substituents is 1. The maximum atomic E-state index is 13.1. The summed E-state index contributed by atoms with van der Waals surface area (Å²) in [7, 11) is 1.39. The molecule has 0 fully saturated rings. The van der Waals surface area contributed by atoms with Crippen molar-refractivity contribution < 1.29 is 28.5 Å². The molecule has 0 spiro atoms. The Hall–Kier alpha value is -3.48. The van der Waals surface area contributed by atoms with Crippen LogP contribution in [0.5, 0.6) is 23.0 Å². The second-order valence-corrected chi connectivity index (χ2v) is 6.20. The molecule has 0 radical (unpaired) electrons. The Bertz CT molecular complexity index is 1130. The number of benzene rings is 2. The van der Waals surface area contributed by atoms with Gasteiger partial charge in [-0.15, -0.1) is 0 Å². The third kappa shape index (κ3) is 2.59. The summed E-state index contributed by atoms with van der Waals surface area (Å²) in [5, 5.41) is 10.3. The molecule has 1 aromatic heterocycles. The predicted molar refractivity (Wildman–Crippen MR) is 96.2 cm³/mol. The Morgan fingerprint density at radius 1 is 1.26 bits per heavy atom. The van der Waals surface area contributed by atoms with Crippen molar-refractivity contribution in [3.8, 4) is 23.0 Å². The van der Waals surface area contributed by atoms with Gasteiger partial charge in [0.1, 0.15) is 22.4 Å². The molecule has 0 aliphatic carbocycles. The molecule has 0 amide bonds. The molecule has 1 aliphatic heterocycles. The second-order valence-electron chi connectivity index (χ2n) is 6.20. The largest absolute Gasteiger partial charge is 0.507 e. The minimum Gasteiger partial charge on any atom is -0.507 e. The van der Waals surface area contributed by atoms with Gasteiger partial charge in [-0.25, -0.2) is 0 Å². The van der Waals surface area contributed by atoms with E-state index in [-0.39, 0.29) is 40.3 Å². The lowest BCUT2D eigenvalue weighted by Crippen LogP contribution is -2.12. The molecular formula is C20H16O7. The average Bonchev–Trinajstić information content (AvgIpc) is 3.13. The van der Waals surface area contributed by atoms with Crippen molar-refractivity contribution in [1.82, 2.24) is 0 Å². The molecule has 138 valence electrons. The Balaban J connectivity index is 1.88. The SMILES string of the molecule is COc1c(C)c(O)c(C=O)c2occ(Cc3ccc4c(c3)OCO4)c(=O)c12. The summed E-state index contributed by atoms with van der Waals surface area (Å²) in [6, 6.07) is 5.43. The highest BCUT2D eigenvalue weighted by atomic mass is 16.7. The van der Waals surface area contributed by atoms with Crippen LogP contribution < -0.4 is 19.6 Å². The van der Waals surface area contributed by atoms with E-state index in [0.29, 0.717) is 35.3 Å². The molecule has 1 aliphatic rings. The van der Waals surface area contributed by atoms with Gasteiger partial charge in [-0.05, 0) is 24.6 Å². The van der Waals surface area contributed by atoms with Gasteiger partial charge in [0.25, 0.3) is 0 Å². The number of aldehydes is 1. The number of fused-ring (bicyclic) bond motifs is 2. The van der Waals surface area contributed by atoms with Gasteiger partial charge in [0, 0.05) is 17.5 Å². The molecule has 2 aromatic carbocycles. The van der Waals surface area contributed by atoms with Gasteiger partial charge in [-0.2, -0.15) is 0 Å². The Labute approximate surface area is 153 Å². The van der Waals surface area contributed by atoms with E-state index in [1.807, 2.05) is 12.1 Å². The normalized spacial score (nSPS) is 12.4. The number of ether oxygens (including phenoxy) is 3. The quantitative estimate of drug-likeness (QED) is 0.707.